The molecule has 0 radical (unpaired) electrons. The Kier molecular flexibility index (Phi) is 7.70. The fourth-order valence-electron chi connectivity index (χ4n) is 3.53. The molecule has 0 unspecified atom stereocenters. The number of carbonyl (C=O) groups is 2. The van der Waals surface area contributed by atoms with Crippen LogP contribution in [-0.2, 0) is 9.53 Å². The van der Waals surface area contributed by atoms with Crippen molar-refractivity contribution in [2.45, 2.75) is 40.5 Å². The number of ether oxygens (including phenoxy) is 2. The monoisotopic (exact) mass is 451 g/mol. The summed E-state index contributed by atoms with van der Waals surface area (Å²) in [6, 6.07) is 15.6. The SMILES string of the molecule is CCOC(=O)c1c(NC(=O)COc2cc(C)ccc2C(C)C)sc(C)c1-c1ccccc1. The Hall–Kier alpha value is -3.12. The van der Waals surface area contributed by atoms with E-state index in [-0.39, 0.29) is 25.0 Å². The van der Waals surface area contributed by atoms with Crippen LogP contribution in [0.25, 0.3) is 11.1 Å². The molecule has 6 heteroatoms. The third kappa shape index (κ3) is 5.37. The largest absolute Gasteiger partial charge is 0.483 e. The number of rotatable bonds is 8. The van der Waals surface area contributed by atoms with E-state index in [2.05, 4.69) is 19.2 Å². The van der Waals surface area contributed by atoms with Crippen LogP contribution in [0.4, 0.5) is 5.00 Å². The summed E-state index contributed by atoms with van der Waals surface area (Å²) in [5.74, 6) is 0.200. The third-order valence-corrected chi connectivity index (χ3v) is 6.05. The van der Waals surface area contributed by atoms with Gasteiger partial charge < -0.3 is 14.8 Å². The van der Waals surface area contributed by atoms with E-state index in [0.717, 1.165) is 27.1 Å². The van der Waals surface area contributed by atoms with Crippen molar-refractivity contribution in [3.63, 3.8) is 0 Å². The van der Waals surface area contributed by atoms with Crippen LogP contribution in [-0.4, -0.2) is 25.1 Å². The lowest BCUT2D eigenvalue weighted by molar-refractivity contribution is -0.118. The van der Waals surface area contributed by atoms with Crippen molar-refractivity contribution in [3.8, 4) is 16.9 Å². The van der Waals surface area contributed by atoms with E-state index >= 15 is 0 Å². The molecule has 1 amide bonds. The maximum Gasteiger partial charge on any atom is 0.341 e. The summed E-state index contributed by atoms with van der Waals surface area (Å²) in [4.78, 5) is 26.5. The highest BCUT2D eigenvalue weighted by Crippen LogP contribution is 2.40. The highest BCUT2D eigenvalue weighted by molar-refractivity contribution is 7.17. The molecule has 1 aromatic heterocycles. The van der Waals surface area contributed by atoms with E-state index in [9.17, 15) is 9.59 Å². The highest BCUT2D eigenvalue weighted by atomic mass is 32.1. The number of amides is 1. The molecule has 0 fully saturated rings. The van der Waals surface area contributed by atoms with Crippen LogP contribution in [0, 0.1) is 13.8 Å². The number of esters is 1. The standard InChI is InChI=1S/C26H29NO4S/c1-6-30-26(29)24-23(19-10-8-7-9-11-19)18(5)32-25(24)27-22(28)15-31-21-14-17(4)12-13-20(21)16(2)3/h7-14,16H,6,15H2,1-5H3,(H,27,28). The average molecular weight is 452 g/mol. The van der Waals surface area contributed by atoms with Gasteiger partial charge in [-0.15, -0.1) is 11.3 Å². The fraction of sp³-hybridized carbons (Fsp3) is 0.308. The zero-order valence-electron chi connectivity index (χ0n) is 19.2. The lowest BCUT2D eigenvalue weighted by Crippen LogP contribution is -2.21. The van der Waals surface area contributed by atoms with Crippen molar-refractivity contribution < 1.29 is 19.1 Å². The Labute approximate surface area is 193 Å². The average Bonchev–Trinajstić information content (AvgIpc) is 3.08. The Morgan fingerprint density at radius 2 is 1.78 bits per heavy atom. The smallest absolute Gasteiger partial charge is 0.341 e. The normalized spacial score (nSPS) is 10.8. The number of benzene rings is 2. The number of aryl methyl sites for hydroxylation is 2. The number of thiophene rings is 1. The van der Waals surface area contributed by atoms with Crippen LogP contribution in [0.1, 0.15) is 53.1 Å². The van der Waals surface area contributed by atoms with E-state index < -0.39 is 5.97 Å². The third-order valence-electron chi connectivity index (χ3n) is 5.03. The second-order valence-electron chi connectivity index (χ2n) is 7.86. The minimum atomic E-state index is -0.451. The Morgan fingerprint density at radius 1 is 1.06 bits per heavy atom. The first-order valence-electron chi connectivity index (χ1n) is 10.7. The minimum Gasteiger partial charge on any atom is -0.483 e. The molecule has 5 nitrogen and oxygen atoms in total. The number of anilines is 1. The predicted octanol–water partition coefficient (Wildman–Crippen LogP) is 6.35. The van der Waals surface area contributed by atoms with E-state index in [1.54, 1.807) is 6.92 Å². The van der Waals surface area contributed by atoms with Crippen LogP contribution in [0.3, 0.4) is 0 Å². The van der Waals surface area contributed by atoms with Gasteiger partial charge in [0.15, 0.2) is 6.61 Å². The summed E-state index contributed by atoms with van der Waals surface area (Å²) in [6.07, 6.45) is 0. The van der Waals surface area contributed by atoms with Gasteiger partial charge in [-0.2, -0.15) is 0 Å². The maximum atomic E-state index is 12.8. The number of hydrogen-bond donors (Lipinski definition) is 1. The molecular weight excluding hydrogens is 422 g/mol. The van der Waals surface area contributed by atoms with E-state index in [0.29, 0.717) is 16.3 Å². The van der Waals surface area contributed by atoms with Gasteiger partial charge in [0.25, 0.3) is 5.91 Å². The van der Waals surface area contributed by atoms with Crippen molar-refractivity contribution in [2.75, 3.05) is 18.5 Å². The Balaban J connectivity index is 1.85. The molecule has 1 heterocycles. The molecular formula is C26H29NO4S. The molecule has 168 valence electrons. The zero-order valence-corrected chi connectivity index (χ0v) is 20.0. The molecule has 3 rings (SSSR count). The quantitative estimate of drug-likeness (QED) is 0.405. The molecule has 0 aliphatic rings. The lowest BCUT2D eigenvalue weighted by Gasteiger charge is -2.15. The molecule has 3 aromatic rings. The first-order valence-corrected chi connectivity index (χ1v) is 11.5. The van der Waals surface area contributed by atoms with E-state index in [1.807, 2.05) is 62.4 Å². The molecule has 0 aliphatic heterocycles. The van der Waals surface area contributed by atoms with Gasteiger partial charge in [0.2, 0.25) is 0 Å². The molecule has 0 bridgehead atoms. The highest BCUT2D eigenvalue weighted by Gasteiger charge is 2.25. The molecule has 0 saturated heterocycles. The molecule has 0 saturated carbocycles. The summed E-state index contributed by atoms with van der Waals surface area (Å²) in [5.41, 5.74) is 4.19. The summed E-state index contributed by atoms with van der Waals surface area (Å²) in [7, 11) is 0. The summed E-state index contributed by atoms with van der Waals surface area (Å²) in [5, 5.41) is 3.34. The number of carbonyl (C=O) groups excluding carboxylic acids is 2. The lowest BCUT2D eigenvalue weighted by atomic mass is 10.0. The predicted molar refractivity (Wildman–Crippen MR) is 130 cm³/mol. The van der Waals surface area contributed by atoms with Gasteiger partial charge >= 0.3 is 5.97 Å². The molecule has 0 aliphatic carbocycles. The second-order valence-corrected chi connectivity index (χ2v) is 9.08. The molecule has 0 atom stereocenters. The van der Waals surface area contributed by atoms with Crippen LogP contribution >= 0.6 is 11.3 Å². The van der Waals surface area contributed by atoms with Crippen molar-refractivity contribution in [1.82, 2.24) is 0 Å². The van der Waals surface area contributed by atoms with Crippen molar-refractivity contribution in [1.29, 1.82) is 0 Å². The van der Waals surface area contributed by atoms with Gasteiger partial charge in [0, 0.05) is 10.4 Å². The second kappa shape index (κ2) is 10.5. The number of nitrogens with one attached hydrogen (secondary N) is 1. The van der Waals surface area contributed by atoms with Gasteiger partial charge in [-0.3, -0.25) is 4.79 Å². The summed E-state index contributed by atoms with van der Waals surface area (Å²) < 4.78 is 11.2. The van der Waals surface area contributed by atoms with Crippen molar-refractivity contribution >= 4 is 28.2 Å². The van der Waals surface area contributed by atoms with Crippen LogP contribution in [0.5, 0.6) is 5.75 Å². The van der Waals surface area contributed by atoms with Crippen molar-refractivity contribution in [2.24, 2.45) is 0 Å². The van der Waals surface area contributed by atoms with E-state index in [4.69, 9.17) is 9.47 Å². The molecule has 1 N–H and O–H groups in total. The Bertz CT molecular complexity index is 1100. The topological polar surface area (TPSA) is 64.6 Å². The zero-order chi connectivity index (χ0) is 23.3. The maximum absolute atomic E-state index is 12.8. The van der Waals surface area contributed by atoms with Crippen LogP contribution < -0.4 is 10.1 Å². The first kappa shape index (κ1) is 23.5. The molecule has 2 aromatic carbocycles. The first-order chi connectivity index (χ1) is 15.3. The van der Waals surface area contributed by atoms with Crippen LogP contribution in [0.15, 0.2) is 48.5 Å². The minimum absolute atomic E-state index is 0.150. The van der Waals surface area contributed by atoms with E-state index in [1.165, 1.54) is 11.3 Å². The van der Waals surface area contributed by atoms with Gasteiger partial charge in [-0.05, 0) is 49.4 Å². The summed E-state index contributed by atoms with van der Waals surface area (Å²) in [6.45, 7) is 9.96. The fourth-order valence-corrected chi connectivity index (χ4v) is 4.61. The van der Waals surface area contributed by atoms with Gasteiger partial charge in [-0.25, -0.2) is 4.79 Å². The van der Waals surface area contributed by atoms with Crippen molar-refractivity contribution in [3.05, 3.63) is 70.1 Å². The van der Waals surface area contributed by atoms with Crippen LogP contribution in [0.2, 0.25) is 0 Å². The van der Waals surface area contributed by atoms with Gasteiger partial charge in [0.05, 0.1) is 6.61 Å². The Morgan fingerprint density at radius 3 is 2.44 bits per heavy atom. The summed E-state index contributed by atoms with van der Waals surface area (Å²) >= 11 is 1.36. The molecule has 0 spiro atoms. The number of hydrogen-bond acceptors (Lipinski definition) is 5. The van der Waals surface area contributed by atoms with Gasteiger partial charge in [0.1, 0.15) is 16.3 Å². The van der Waals surface area contributed by atoms with Gasteiger partial charge in [-0.1, -0.05) is 56.3 Å². The molecule has 32 heavy (non-hydrogen) atoms.